The monoisotopic (exact) mass is 364 g/mol. The van der Waals surface area contributed by atoms with Crippen LogP contribution in [0.5, 0.6) is 0 Å². The molecule has 2 aromatic carbocycles. The molecule has 0 unspecified atom stereocenters. The average Bonchev–Trinajstić information content (AvgIpc) is 2.62. The van der Waals surface area contributed by atoms with Crippen LogP contribution in [0.15, 0.2) is 53.6 Å². The smallest absolute Gasteiger partial charge is 0.230 e. The highest BCUT2D eigenvalue weighted by atomic mass is 32.2. The number of pyridine rings is 1. The van der Waals surface area contributed by atoms with Gasteiger partial charge in [0.15, 0.2) is 0 Å². The topological polar surface area (TPSA) is 42.0 Å². The van der Waals surface area contributed by atoms with Crippen LogP contribution in [-0.2, 0) is 11.2 Å². The first-order chi connectivity index (χ1) is 12.5. The standard InChI is InChI=1S/C22H24N2OS/c1-15-11-19-12-17(3)22(24-20(19)13-16(15)2)26-14-21(25)23-10-9-18-7-5-4-6-8-18/h4-8,11-13H,9-10,14H2,1-3H3,(H,23,25). The lowest BCUT2D eigenvalue weighted by molar-refractivity contribution is -0.118. The van der Waals surface area contributed by atoms with Crippen LogP contribution >= 0.6 is 11.8 Å². The van der Waals surface area contributed by atoms with Crippen molar-refractivity contribution < 1.29 is 4.79 Å². The van der Waals surface area contributed by atoms with E-state index in [0.717, 1.165) is 27.9 Å². The first-order valence-corrected chi connectivity index (χ1v) is 9.83. The second-order valence-corrected chi connectivity index (χ2v) is 7.58. The van der Waals surface area contributed by atoms with Gasteiger partial charge in [0.25, 0.3) is 0 Å². The highest BCUT2D eigenvalue weighted by molar-refractivity contribution is 7.99. The Morgan fingerprint density at radius 3 is 2.46 bits per heavy atom. The van der Waals surface area contributed by atoms with Gasteiger partial charge >= 0.3 is 0 Å². The fraction of sp³-hybridized carbons (Fsp3) is 0.273. The van der Waals surface area contributed by atoms with E-state index in [1.165, 1.54) is 28.5 Å². The Labute approximate surface area is 159 Å². The minimum absolute atomic E-state index is 0.0484. The largest absolute Gasteiger partial charge is 0.355 e. The average molecular weight is 365 g/mol. The molecule has 3 rings (SSSR count). The van der Waals surface area contributed by atoms with Crippen LogP contribution in [0.2, 0.25) is 0 Å². The van der Waals surface area contributed by atoms with Crippen molar-refractivity contribution in [2.45, 2.75) is 32.2 Å². The summed E-state index contributed by atoms with van der Waals surface area (Å²) < 4.78 is 0. The number of carbonyl (C=O) groups excluding carboxylic acids is 1. The molecule has 1 heterocycles. The summed E-state index contributed by atoms with van der Waals surface area (Å²) >= 11 is 1.50. The lowest BCUT2D eigenvalue weighted by Gasteiger charge is -2.09. The van der Waals surface area contributed by atoms with Gasteiger partial charge < -0.3 is 5.32 Å². The number of aryl methyl sites for hydroxylation is 3. The summed E-state index contributed by atoms with van der Waals surface area (Å²) in [6, 6.07) is 16.6. The second kappa shape index (κ2) is 8.37. The Hall–Kier alpha value is -2.33. The highest BCUT2D eigenvalue weighted by Crippen LogP contribution is 2.26. The fourth-order valence-corrected chi connectivity index (χ4v) is 3.67. The fourth-order valence-electron chi connectivity index (χ4n) is 2.85. The number of fused-ring (bicyclic) bond motifs is 1. The molecule has 0 bridgehead atoms. The molecule has 26 heavy (non-hydrogen) atoms. The molecule has 0 saturated heterocycles. The maximum absolute atomic E-state index is 12.1. The van der Waals surface area contributed by atoms with Gasteiger partial charge in [-0.3, -0.25) is 4.79 Å². The van der Waals surface area contributed by atoms with Crippen molar-refractivity contribution in [1.82, 2.24) is 10.3 Å². The molecule has 4 heteroatoms. The van der Waals surface area contributed by atoms with E-state index in [9.17, 15) is 4.79 Å². The number of hydrogen-bond donors (Lipinski definition) is 1. The predicted molar refractivity (Wildman–Crippen MR) is 110 cm³/mol. The zero-order chi connectivity index (χ0) is 18.5. The molecule has 0 atom stereocenters. The molecule has 0 aliphatic heterocycles. The van der Waals surface area contributed by atoms with Crippen LogP contribution in [0.3, 0.4) is 0 Å². The number of benzene rings is 2. The summed E-state index contributed by atoms with van der Waals surface area (Å²) in [5, 5.41) is 5.07. The Morgan fingerprint density at radius 2 is 1.69 bits per heavy atom. The lowest BCUT2D eigenvalue weighted by Crippen LogP contribution is -2.27. The molecule has 1 N–H and O–H groups in total. The molecule has 0 fully saturated rings. The third kappa shape index (κ3) is 4.64. The molecule has 0 saturated carbocycles. The van der Waals surface area contributed by atoms with Crippen LogP contribution in [0.25, 0.3) is 10.9 Å². The maximum atomic E-state index is 12.1. The van der Waals surface area contributed by atoms with E-state index < -0.39 is 0 Å². The molecule has 1 aromatic heterocycles. The first kappa shape index (κ1) is 18.5. The van der Waals surface area contributed by atoms with Crippen molar-refractivity contribution in [2.24, 2.45) is 0 Å². The minimum Gasteiger partial charge on any atom is -0.355 e. The van der Waals surface area contributed by atoms with Gasteiger partial charge in [0.05, 0.1) is 11.3 Å². The van der Waals surface area contributed by atoms with E-state index in [0.29, 0.717) is 12.3 Å². The van der Waals surface area contributed by atoms with Gasteiger partial charge in [-0.2, -0.15) is 0 Å². The SMILES string of the molecule is Cc1cc2cc(C)c(SCC(=O)NCCc3ccccc3)nc2cc1C. The quantitative estimate of drug-likeness (QED) is 0.650. The van der Waals surface area contributed by atoms with E-state index in [-0.39, 0.29) is 5.91 Å². The van der Waals surface area contributed by atoms with E-state index >= 15 is 0 Å². The van der Waals surface area contributed by atoms with Crippen molar-refractivity contribution in [3.63, 3.8) is 0 Å². The van der Waals surface area contributed by atoms with E-state index in [1.54, 1.807) is 0 Å². The number of thioether (sulfide) groups is 1. The molecule has 0 aliphatic rings. The summed E-state index contributed by atoms with van der Waals surface area (Å²) in [7, 11) is 0. The number of hydrogen-bond acceptors (Lipinski definition) is 3. The summed E-state index contributed by atoms with van der Waals surface area (Å²) in [5.74, 6) is 0.436. The lowest BCUT2D eigenvalue weighted by atomic mass is 10.1. The van der Waals surface area contributed by atoms with Crippen molar-refractivity contribution >= 4 is 28.6 Å². The minimum atomic E-state index is 0.0484. The molecule has 1 amide bonds. The van der Waals surface area contributed by atoms with Gasteiger partial charge in [0.2, 0.25) is 5.91 Å². The molecule has 0 aliphatic carbocycles. The van der Waals surface area contributed by atoms with E-state index in [1.807, 2.05) is 18.2 Å². The van der Waals surface area contributed by atoms with Crippen LogP contribution in [-0.4, -0.2) is 23.2 Å². The third-order valence-corrected chi connectivity index (χ3v) is 5.59. The van der Waals surface area contributed by atoms with Crippen molar-refractivity contribution in [1.29, 1.82) is 0 Å². The zero-order valence-electron chi connectivity index (χ0n) is 15.5. The van der Waals surface area contributed by atoms with Crippen molar-refractivity contribution in [2.75, 3.05) is 12.3 Å². The number of nitrogens with zero attached hydrogens (tertiary/aromatic N) is 1. The number of nitrogens with one attached hydrogen (secondary N) is 1. The number of rotatable bonds is 6. The van der Waals surface area contributed by atoms with Crippen LogP contribution < -0.4 is 5.32 Å². The molecule has 0 radical (unpaired) electrons. The van der Waals surface area contributed by atoms with Crippen LogP contribution in [0.4, 0.5) is 0 Å². The molecular formula is C22H24N2OS. The number of aromatic nitrogens is 1. The van der Waals surface area contributed by atoms with Gasteiger partial charge in [-0.05, 0) is 67.6 Å². The van der Waals surface area contributed by atoms with Gasteiger partial charge in [-0.1, -0.05) is 42.1 Å². The summed E-state index contributed by atoms with van der Waals surface area (Å²) in [6.45, 7) is 6.93. The normalized spacial score (nSPS) is 10.9. The van der Waals surface area contributed by atoms with E-state index in [2.05, 4.69) is 56.4 Å². The first-order valence-electron chi connectivity index (χ1n) is 8.85. The summed E-state index contributed by atoms with van der Waals surface area (Å²) in [5.41, 5.74) is 5.85. The van der Waals surface area contributed by atoms with Gasteiger partial charge in [0, 0.05) is 11.9 Å². The zero-order valence-corrected chi connectivity index (χ0v) is 16.3. The van der Waals surface area contributed by atoms with E-state index in [4.69, 9.17) is 4.98 Å². The van der Waals surface area contributed by atoms with Crippen molar-refractivity contribution in [3.05, 3.63) is 70.8 Å². The summed E-state index contributed by atoms with van der Waals surface area (Å²) in [6.07, 6.45) is 0.850. The Morgan fingerprint density at radius 1 is 1.00 bits per heavy atom. The molecular weight excluding hydrogens is 340 g/mol. The van der Waals surface area contributed by atoms with Crippen LogP contribution in [0, 0.1) is 20.8 Å². The third-order valence-electron chi connectivity index (χ3n) is 4.49. The molecule has 3 aromatic rings. The highest BCUT2D eigenvalue weighted by Gasteiger charge is 2.09. The maximum Gasteiger partial charge on any atom is 0.230 e. The summed E-state index contributed by atoms with van der Waals surface area (Å²) in [4.78, 5) is 16.9. The second-order valence-electron chi connectivity index (χ2n) is 6.61. The predicted octanol–water partition coefficient (Wildman–Crippen LogP) is 4.61. The van der Waals surface area contributed by atoms with Crippen molar-refractivity contribution in [3.8, 4) is 0 Å². The van der Waals surface area contributed by atoms with Gasteiger partial charge in [-0.15, -0.1) is 0 Å². The van der Waals surface area contributed by atoms with Crippen LogP contribution in [0.1, 0.15) is 22.3 Å². The van der Waals surface area contributed by atoms with Gasteiger partial charge in [-0.25, -0.2) is 4.98 Å². The molecule has 3 nitrogen and oxygen atoms in total. The molecule has 0 spiro atoms. The Bertz CT molecular complexity index is 922. The molecule has 134 valence electrons. The Balaban J connectivity index is 1.57. The van der Waals surface area contributed by atoms with Gasteiger partial charge in [0.1, 0.15) is 5.03 Å². The number of carbonyl (C=O) groups is 1. The Kier molecular flexibility index (Phi) is 5.94. The number of amides is 1.